The van der Waals surface area contributed by atoms with Crippen LogP contribution in [0.3, 0.4) is 0 Å². The summed E-state index contributed by atoms with van der Waals surface area (Å²) in [5.74, 6) is 0.965. The van der Waals surface area contributed by atoms with Crippen LogP contribution < -0.4 is 4.74 Å². The van der Waals surface area contributed by atoms with Crippen LogP contribution in [-0.2, 0) is 9.84 Å². The SMILES string of the molecule is CS(=O)(=O)CCCOc1cccc(I)c1. The first-order valence-corrected chi connectivity index (χ1v) is 7.67. The lowest BCUT2D eigenvalue weighted by Crippen LogP contribution is -2.07. The summed E-state index contributed by atoms with van der Waals surface area (Å²) in [5.41, 5.74) is 0. The second-order valence-electron chi connectivity index (χ2n) is 3.29. The van der Waals surface area contributed by atoms with Gasteiger partial charge in [0.25, 0.3) is 0 Å². The summed E-state index contributed by atoms with van der Waals surface area (Å²) >= 11 is 2.20. The Kier molecular flexibility index (Phi) is 4.85. The fourth-order valence-electron chi connectivity index (χ4n) is 1.07. The summed E-state index contributed by atoms with van der Waals surface area (Å²) in [6.07, 6.45) is 1.77. The van der Waals surface area contributed by atoms with Crippen LogP contribution in [0.5, 0.6) is 5.75 Å². The van der Waals surface area contributed by atoms with Crippen molar-refractivity contribution in [2.75, 3.05) is 18.6 Å². The van der Waals surface area contributed by atoms with Gasteiger partial charge < -0.3 is 4.74 Å². The molecule has 0 N–H and O–H groups in total. The van der Waals surface area contributed by atoms with Gasteiger partial charge in [-0.05, 0) is 47.2 Å². The maximum absolute atomic E-state index is 10.8. The molecule has 0 aliphatic rings. The molecule has 0 saturated carbocycles. The molecule has 1 aromatic rings. The van der Waals surface area contributed by atoms with Crippen molar-refractivity contribution >= 4 is 32.4 Å². The minimum absolute atomic E-state index is 0.178. The van der Waals surface area contributed by atoms with Crippen molar-refractivity contribution in [3.63, 3.8) is 0 Å². The van der Waals surface area contributed by atoms with Crippen LogP contribution in [0.15, 0.2) is 24.3 Å². The first-order valence-electron chi connectivity index (χ1n) is 4.53. The predicted octanol–water partition coefficient (Wildman–Crippen LogP) is 2.10. The van der Waals surface area contributed by atoms with Crippen molar-refractivity contribution in [3.05, 3.63) is 27.8 Å². The van der Waals surface area contributed by atoms with Gasteiger partial charge in [0.1, 0.15) is 15.6 Å². The fourth-order valence-corrected chi connectivity index (χ4v) is 2.22. The van der Waals surface area contributed by atoms with E-state index in [-0.39, 0.29) is 5.75 Å². The van der Waals surface area contributed by atoms with Gasteiger partial charge in [-0.3, -0.25) is 0 Å². The van der Waals surface area contributed by atoms with E-state index in [1.807, 2.05) is 24.3 Å². The smallest absolute Gasteiger partial charge is 0.147 e. The van der Waals surface area contributed by atoms with E-state index in [4.69, 9.17) is 4.74 Å². The van der Waals surface area contributed by atoms with Crippen LogP contribution in [-0.4, -0.2) is 27.0 Å². The number of benzene rings is 1. The van der Waals surface area contributed by atoms with E-state index >= 15 is 0 Å². The molecule has 15 heavy (non-hydrogen) atoms. The molecule has 0 bridgehead atoms. The highest BCUT2D eigenvalue weighted by atomic mass is 127. The summed E-state index contributed by atoms with van der Waals surface area (Å²) in [5, 5.41) is 0. The molecule has 1 aromatic carbocycles. The number of ether oxygens (including phenoxy) is 1. The Morgan fingerprint density at radius 2 is 2.13 bits per heavy atom. The lowest BCUT2D eigenvalue weighted by atomic mass is 10.3. The Morgan fingerprint density at radius 1 is 1.40 bits per heavy atom. The second kappa shape index (κ2) is 5.69. The Balaban J connectivity index is 2.32. The lowest BCUT2D eigenvalue weighted by molar-refractivity contribution is 0.317. The van der Waals surface area contributed by atoms with E-state index in [0.717, 1.165) is 9.32 Å². The van der Waals surface area contributed by atoms with E-state index in [2.05, 4.69) is 22.6 Å². The molecule has 0 saturated heterocycles. The van der Waals surface area contributed by atoms with Gasteiger partial charge in [0.2, 0.25) is 0 Å². The monoisotopic (exact) mass is 340 g/mol. The Hall–Kier alpha value is -0.300. The number of sulfone groups is 1. The summed E-state index contributed by atoms with van der Waals surface area (Å²) in [6, 6.07) is 7.67. The van der Waals surface area contributed by atoms with Gasteiger partial charge in [0, 0.05) is 9.83 Å². The average Bonchev–Trinajstić information content (AvgIpc) is 2.11. The lowest BCUT2D eigenvalue weighted by Gasteiger charge is -2.05. The molecule has 0 unspecified atom stereocenters. The standard InChI is InChI=1S/C10H13IO3S/c1-15(12,13)7-3-6-14-10-5-2-4-9(11)8-10/h2,4-5,8H,3,6-7H2,1H3. The molecule has 1 rings (SSSR count). The minimum Gasteiger partial charge on any atom is -0.494 e. The zero-order valence-electron chi connectivity index (χ0n) is 8.44. The third-order valence-corrected chi connectivity index (χ3v) is 3.43. The van der Waals surface area contributed by atoms with E-state index in [0.29, 0.717) is 13.0 Å². The van der Waals surface area contributed by atoms with Crippen molar-refractivity contribution in [2.24, 2.45) is 0 Å². The summed E-state index contributed by atoms with van der Waals surface area (Å²) in [7, 11) is -2.87. The first kappa shape index (κ1) is 12.8. The van der Waals surface area contributed by atoms with Gasteiger partial charge in [0.05, 0.1) is 12.4 Å². The Bertz CT molecular complexity index is 414. The van der Waals surface area contributed by atoms with E-state index in [1.165, 1.54) is 6.26 Å². The van der Waals surface area contributed by atoms with Crippen molar-refractivity contribution < 1.29 is 13.2 Å². The average molecular weight is 340 g/mol. The molecule has 0 spiro atoms. The van der Waals surface area contributed by atoms with Crippen molar-refractivity contribution in [3.8, 4) is 5.75 Å². The van der Waals surface area contributed by atoms with Crippen LogP contribution in [0, 0.1) is 3.57 Å². The highest BCUT2D eigenvalue weighted by molar-refractivity contribution is 14.1. The third kappa shape index (κ3) is 5.99. The molecular weight excluding hydrogens is 327 g/mol. The van der Waals surface area contributed by atoms with Crippen molar-refractivity contribution in [1.82, 2.24) is 0 Å². The zero-order chi connectivity index (χ0) is 11.3. The number of rotatable bonds is 5. The normalized spacial score (nSPS) is 11.3. The summed E-state index contributed by atoms with van der Waals surface area (Å²) < 4.78 is 28.2. The molecule has 0 amide bonds. The van der Waals surface area contributed by atoms with E-state index in [1.54, 1.807) is 0 Å². The number of hydrogen-bond acceptors (Lipinski definition) is 3. The third-order valence-electron chi connectivity index (χ3n) is 1.72. The van der Waals surface area contributed by atoms with Crippen LogP contribution in [0.2, 0.25) is 0 Å². The fraction of sp³-hybridized carbons (Fsp3) is 0.400. The second-order valence-corrected chi connectivity index (χ2v) is 6.79. The van der Waals surface area contributed by atoms with Crippen LogP contribution in [0.25, 0.3) is 0 Å². The first-order chi connectivity index (χ1) is 6.97. The predicted molar refractivity (Wildman–Crippen MR) is 69.0 cm³/mol. The van der Waals surface area contributed by atoms with Crippen LogP contribution in [0.1, 0.15) is 6.42 Å². The van der Waals surface area contributed by atoms with Gasteiger partial charge in [-0.15, -0.1) is 0 Å². The van der Waals surface area contributed by atoms with Gasteiger partial charge in [0.15, 0.2) is 0 Å². The molecule has 5 heteroatoms. The molecule has 3 nitrogen and oxygen atoms in total. The molecule has 0 aliphatic heterocycles. The van der Waals surface area contributed by atoms with E-state index in [9.17, 15) is 8.42 Å². The van der Waals surface area contributed by atoms with Gasteiger partial charge in [-0.25, -0.2) is 8.42 Å². The topological polar surface area (TPSA) is 43.4 Å². The Morgan fingerprint density at radius 3 is 2.73 bits per heavy atom. The Labute approximate surface area is 104 Å². The molecule has 0 fully saturated rings. The molecule has 0 atom stereocenters. The number of halogens is 1. The number of hydrogen-bond donors (Lipinski definition) is 0. The van der Waals surface area contributed by atoms with Gasteiger partial charge >= 0.3 is 0 Å². The summed E-state index contributed by atoms with van der Waals surface area (Å²) in [6.45, 7) is 0.438. The molecule has 0 radical (unpaired) electrons. The van der Waals surface area contributed by atoms with Crippen LogP contribution >= 0.6 is 22.6 Å². The summed E-state index contributed by atoms with van der Waals surface area (Å²) in [4.78, 5) is 0. The maximum atomic E-state index is 10.8. The van der Waals surface area contributed by atoms with E-state index < -0.39 is 9.84 Å². The highest BCUT2D eigenvalue weighted by Crippen LogP contribution is 2.14. The van der Waals surface area contributed by atoms with Crippen molar-refractivity contribution in [2.45, 2.75) is 6.42 Å². The minimum atomic E-state index is -2.87. The molecule has 84 valence electrons. The van der Waals surface area contributed by atoms with Gasteiger partial charge in [-0.1, -0.05) is 6.07 Å². The zero-order valence-corrected chi connectivity index (χ0v) is 11.4. The highest BCUT2D eigenvalue weighted by Gasteiger charge is 2.01. The maximum Gasteiger partial charge on any atom is 0.147 e. The molecule has 0 aliphatic carbocycles. The van der Waals surface area contributed by atoms with Crippen molar-refractivity contribution in [1.29, 1.82) is 0 Å². The van der Waals surface area contributed by atoms with Crippen LogP contribution in [0.4, 0.5) is 0 Å². The van der Waals surface area contributed by atoms with Gasteiger partial charge in [-0.2, -0.15) is 0 Å². The largest absolute Gasteiger partial charge is 0.494 e. The quantitative estimate of drug-likeness (QED) is 0.609. The molecule has 0 heterocycles. The molecular formula is C10H13IO3S. The molecule has 0 aromatic heterocycles.